The Morgan fingerprint density at radius 2 is 1.65 bits per heavy atom. The molecule has 0 aromatic rings. The van der Waals surface area contributed by atoms with E-state index >= 15 is 0 Å². The van der Waals surface area contributed by atoms with Crippen molar-refractivity contribution in [3.63, 3.8) is 0 Å². The average molecular weight is 247 g/mol. The number of methoxy groups -OCH3 is 1. The van der Waals surface area contributed by atoms with Crippen molar-refractivity contribution in [2.45, 2.75) is 33.2 Å². The van der Waals surface area contributed by atoms with Crippen molar-refractivity contribution in [2.24, 2.45) is 5.92 Å². The molecule has 104 valence electrons. The van der Waals surface area contributed by atoms with E-state index in [0.717, 1.165) is 13.2 Å². The van der Waals surface area contributed by atoms with Crippen LogP contribution in [-0.4, -0.2) is 52.7 Å². The van der Waals surface area contributed by atoms with Gasteiger partial charge >= 0.3 is 0 Å². The standard InChI is InChI=1S/C13H29NO3/c1-5-12(3)13(14-6-2)11-17-10-9-16-8-7-15-4/h12-14H,5-11H2,1-4H3. The molecule has 0 aromatic carbocycles. The van der Waals surface area contributed by atoms with Gasteiger partial charge in [0.15, 0.2) is 0 Å². The van der Waals surface area contributed by atoms with Crippen molar-refractivity contribution < 1.29 is 14.2 Å². The van der Waals surface area contributed by atoms with E-state index in [1.807, 2.05) is 0 Å². The van der Waals surface area contributed by atoms with Crippen LogP contribution in [0.2, 0.25) is 0 Å². The first-order valence-corrected chi connectivity index (χ1v) is 6.64. The predicted octanol–water partition coefficient (Wildman–Crippen LogP) is 1.69. The average Bonchev–Trinajstić information content (AvgIpc) is 2.35. The summed E-state index contributed by atoms with van der Waals surface area (Å²) in [6, 6.07) is 0.448. The van der Waals surface area contributed by atoms with Crippen molar-refractivity contribution in [3.05, 3.63) is 0 Å². The van der Waals surface area contributed by atoms with Crippen LogP contribution >= 0.6 is 0 Å². The summed E-state index contributed by atoms with van der Waals surface area (Å²) in [6.07, 6.45) is 1.17. The van der Waals surface area contributed by atoms with E-state index in [4.69, 9.17) is 14.2 Å². The number of ether oxygens (including phenoxy) is 3. The Balaban J connectivity index is 3.47. The van der Waals surface area contributed by atoms with Crippen molar-refractivity contribution in [2.75, 3.05) is 46.7 Å². The Hall–Kier alpha value is -0.160. The SMILES string of the molecule is CCNC(COCCOCCOC)C(C)CC. The van der Waals surface area contributed by atoms with Crippen molar-refractivity contribution in [1.29, 1.82) is 0 Å². The molecule has 2 unspecified atom stereocenters. The summed E-state index contributed by atoms with van der Waals surface area (Å²) < 4.78 is 15.8. The Kier molecular flexibility index (Phi) is 12.2. The summed E-state index contributed by atoms with van der Waals surface area (Å²) in [7, 11) is 1.67. The second-order valence-electron chi connectivity index (χ2n) is 4.23. The summed E-state index contributed by atoms with van der Waals surface area (Å²) in [5.74, 6) is 0.643. The minimum absolute atomic E-state index is 0.448. The zero-order valence-electron chi connectivity index (χ0n) is 11.8. The summed E-state index contributed by atoms with van der Waals surface area (Å²) >= 11 is 0. The summed E-state index contributed by atoms with van der Waals surface area (Å²) in [4.78, 5) is 0. The molecule has 4 nitrogen and oxygen atoms in total. The van der Waals surface area contributed by atoms with Crippen molar-refractivity contribution >= 4 is 0 Å². The molecule has 17 heavy (non-hydrogen) atoms. The maximum Gasteiger partial charge on any atom is 0.0701 e. The monoisotopic (exact) mass is 247 g/mol. The second kappa shape index (κ2) is 12.3. The summed E-state index contributed by atoms with van der Waals surface area (Å²) in [6.45, 7) is 10.9. The molecular weight excluding hydrogens is 218 g/mol. The fraction of sp³-hybridized carbons (Fsp3) is 1.00. The lowest BCUT2D eigenvalue weighted by Gasteiger charge is -2.23. The van der Waals surface area contributed by atoms with E-state index in [0.29, 0.717) is 38.4 Å². The van der Waals surface area contributed by atoms with Crippen molar-refractivity contribution in [1.82, 2.24) is 5.32 Å². The highest BCUT2D eigenvalue weighted by molar-refractivity contribution is 4.71. The van der Waals surface area contributed by atoms with Crippen LogP contribution in [0, 0.1) is 5.92 Å². The third kappa shape index (κ3) is 9.53. The van der Waals surface area contributed by atoms with Gasteiger partial charge in [-0.25, -0.2) is 0 Å². The van der Waals surface area contributed by atoms with Gasteiger partial charge in [0, 0.05) is 13.2 Å². The molecule has 0 heterocycles. The van der Waals surface area contributed by atoms with E-state index in [1.165, 1.54) is 6.42 Å². The van der Waals surface area contributed by atoms with Crippen LogP contribution < -0.4 is 5.32 Å². The lowest BCUT2D eigenvalue weighted by atomic mass is 10.00. The lowest BCUT2D eigenvalue weighted by molar-refractivity contribution is 0.0156. The zero-order valence-corrected chi connectivity index (χ0v) is 11.8. The summed E-state index contributed by atoms with van der Waals surface area (Å²) in [5.41, 5.74) is 0. The number of likely N-dealkylation sites (N-methyl/N-ethyl adjacent to an activating group) is 1. The largest absolute Gasteiger partial charge is 0.382 e. The van der Waals surface area contributed by atoms with E-state index in [-0.39, 0.29) is 0 Å². The first-order chi connectivity index (χ1) is 8.26. The molecule has 0 saturated carbocycles. The molecule has 0 aliphatic heterocycles. The van der Waals surface area contributed by atoms with Gasteiger partial charge in [0.2, 0.25) is 0 Å². The summed E-state index contributed by atoms with van der Waals surface area (Å²) in [5, 5.41) is 3.46. The molecule has 0 aliphatic rings. The van der Waals surface area contributed by atoms with Gasteiger partial charge < -0.3 is 19.5 Å². The Bertz CT molecular complexity index is 156. The van der Waals surface area contributed by atoms with Crippen LogP contribution in [0.15, 0.2) is 0 Å². The quantitative estimate of drug-likeness (QED) is 0.533. The van der Waals surface area contributed by atoms with Crippen LogP contribution in [0.1, 0.15) is 27.2 Å². The number of hydrogen-bond acceptors (Lipinski definition) is 4. The third-order valence-corrected chi connectivity index (χ3v) is 2.90. The minimum Gasteiger partial charge on any atom is -0.382 e. The second-order valence-corrected chi connectivity index (χ2v) is 4.23. The van der Waals surface area contributed by atoms with Gasteiger partial charge in [-0.05, 0) is 12.5 Å². The van der Waals surface area contributed by atoms with Gasteiger partial charge in [0.25, 0.3) is 0 Å². The maximum absolute atomic E-state index is 5.62. The van der Waals surface area contributed by atoms with Crippen LogP contribution in [0.25, 0.3) is 0 Å². The van der Waals surface area contributed by atoms with Crippen LogP contribution in [-0.2, 0) is 14.2 Å². The highest BCUT2D eigenvalue weighted by Crippen LogP contribution is 2.07. The number of nitrogens with one attached hydrogen (secondary N) is 1. The van der Waals surface area contributed by atoms with Gasteiger partial charge in [-0.1, -0.05) is 27.2 Å². The van der Waals surface area contributed by atoms with Crippen LogP contribution in [0.5, 0.6) is 0 Å². The molecule has 0 amide bonds. The van der Waals surface area contributed by atoms with Gasteiger partial charge in [-0.2, -0.15) is 0 Å². The Morgan fingerprint density at radius 1 is 1.00 bits per heavy atom. The Morgan fingerprint density at radius 3 is 2.24 bits per heavy atom. The normalized spacial score (nSPS) is 14.8. The smallest absolute Gasteiger partial charge is 0.0701 e. The van der Waals surface area contributed by atoms with Crippen LogP contribution in [0.4, 0.5) is 0 Å². The molecule has 0 aromatic heterocycles. The van der Waals surface area contributed by atoms with E-state index < -0.39 is 0 Å². The molecule has 0 saturated heterocycles. The minimum atomic E-state index is 0.448. The third-order valence-electron chi connectivity index (χ3n) is 2.90. The number of rotatable bonds is 12. The van der Waals surface area contributed by atoms with Crippen molar-refractivity contribution in [3.8, 4) is 0 Å². The molecule has 0 spiro atoms. The van der Waals surface area contributed by atoms with Gasteiger partial charge in [-0.15, -0.1) is 0 Å². The van der Waals surface area contributed by atoms with Gasteiger partial charge in [0.05, 0.1) is 33.0 Å². The molecule has 1 N–H and O–H groups in total. The molecule has 2 atom stereocenters. The first kappa shape index (κ1) is 16.8. The zero-order chi connectivity index (χ0) is 12.9. The maximum atomic E-state index is 5.62. The first-order valence-electron chi connectivity index (χ1n) is 6.64. The van der Waals surface area contributed by atoms with Gasteiger partial charge in [0.1, 0.15) is 0 Å². The van der Waals surface area contributed by atoms with E-state index in [9.17, 15) is 0 Å². The molecule has 4 heteroatoms. The highest BCUT2D eigenvalue weighted by atomic mass is 16.5. The molecule has 0 radical (unpaired) electrons. The molecule has 0 fully saturated rings. The molecular formula is C13H29NO3. The lowest BCUT2D eigenvalue weighted by Crippen LogP contribution is -2.39. The fourth-order valence-corrected chi connectivity index (χ4v) is 1.54. The Labute approximate surface area is 106 Å². The van der Waals surface area contributed by atoms with E-state index in [2.05, 4.69) is 26.1 Å². The van der Waals surface area contributed by atoms with E-state index in [1.54, 1.807) is 7.11 Å². The molecule has 0 bridgehead atoms. The predicted molar refractivity (Wildman–Crippen MR) is 70.4 cm³/mol. The molecule has 0 rings (SSSR count). The highest BCUT2D eigenvalue weighted by Gasteiger charge is 2.14. The number of hydrogen-bond donors (Lipinski definition) is 1. The van der Waals surface area contributed by atoms with Crippen LogP contribution in [0.3, 0.4) is 0 Å². The topological polar surface area (TPSA) is 39.7 Å². The fourth-order valence-electron chi connectivity index (χ4n) is 1.54. The van der Waals surface area contributed by atoms with Gasteiger partial charge in [-0.3, -0.25) is 0 Å². The molecule has 0 aliphatic carbocycles.